The minimum Gasteiger partial charge on any atom is -0.463 e. The van der Waals surface area contributed by atoms with Gasteiger partial charge in [0, 0.05) is 29.4 Å². The summed E-state index contributed by atoms with van der Waals surface area (Å²) in [4.78, 5) is 23.5. The van der Waals surface area contributed by atoms with Gasteiger partial charge >= 0.3 is 5.97 Å². The zero-order valence-electron chi connectivity index (χ0n) is 16.4. The van der Waals surface area contributed by atoms with Crippen LogP contribution < -0.4 is 5.32 Å². The molecule has 1 aromatic rings. The summed E-state index contributed by atoms with van der Waals surface area (Å²) >= 11 is 0. The maximum absolute atomic E-state index is 13.2. The van der Waals surface area contributed by atoms with Gasteiger partial charge in [-0.3, -0.25) is 10.1 Å². The number of carbonyl (C=O) groups excluding carboxylic acids is 1. The fraction of sp³-hybridized carbons (Fsp3) is 0.450. The number of sulfone groups is 1. The number of esters is 1. The molecule has 1 aromatic carbocycles. The number of rotatable bonds is 4. The third kappa shape index (κ3) is 4.19. The summed E-state index contributed by atoms with van der Waals surface area (Å²) in [5, 5.41) is 13.4. The largest absolute Gasteiger partial charge is 0.463 e. The molecular formula is C20H24N2O6S. The first kappa shape index (κ1) is 21.0. The molecule has 0 saturated carbocycles. The zero-order chi connectivity index (χ0) is 21.2. The average molecular weight is 420 g/mol. The highest BCUT2D eigenvalue weighted by molar-refractivity contribution is 7.92. The van der Waals surface area contributed by atoms with E-state index in [4.69, 9.17) is 4.74 Å². The van der Waals surface area contributed by atoms with Crippen molar-refractivity contribution in [3.63, 3.8) is 0 Å². The predicted octanol–water partition coefficient (Wildman–Crippen LogP) is 2.97. The Hall–Kier alpha value is -2.68. The quantitative estimate of drug-likeness (QED) is 0.452. The summed E-state index contributed by atoms with van der Waals surface area (Å²) in [7, 11) is -3.62. The summed E-state index contributed by atoms with van der Waals surface area (Å²) in [6, 6.07) is 5.82. The molecular weight excluding hydrogens is 396 g/mol. The fourth-order valence-electron chi connectivity index (χ4n) is 3.98. The minimum atomic E-state index is -3.62. The molecule has 8 nitrogen and oxygen atoms in total. The van der Waals surface area contributed by atoms with Gasteiger partial charge in [-0.2, -0.15) is 0 Å². The van der Waals surface area contributed by atoms with Crippen LogP contribution in [-0.4, -0.2) is 36.9 Å². The molecule has 0 bridgehead atoms. The second-order valence-electron chi connectivity index (χ2n) is 7.16. The van der Waals surface area contributed by atoms with Crippen molar-refractivity contribution in [2.45, 2.75) is 44.3 Å². The molecule has 9 heteroatoms. The molecule has 2 atom stereocenters. The molecule has 1 N–H and O–H groups in total. The van der Waals surface area contributed by atoms with Gasteiger partial charge in [-0.25, -0.2) is 13.2 Å². The van der Waals surface area contributed by atoms with E-state index in [2.05, 4.69) is 5.32 Å². The van der Waals surface area contributed by atoms with E-state index >= 15 is 0 Å². The minimum absolute atomic E-state index is 0.00271. The van der Waals surface area contributed by atoms with Crippen LogP contribution in [0.2, 0.25) is 0 Å². The normalized spacial score (nSPS) is 25.5. The SMILES string of the molecule is CCOC(=O)C1=C(C)N/C2=C/CCCCS(=O)(=O)C2C1c1cccc([N+](=O)[O-])c1. The van der Waals surface area contributed by atoms with Crippen molar-refractivity contribution >= 4 is 21.5 Å². The lowest BCUT2D eigenvalue weighted by Gasteiger charge is -2.37. The Balaban J connectivity index is 2.27. The standard InChI is InChI=1S/C20H24N2O6S/c1-3-28-20(23)17-13(2)21-16-10-5-4-6-11-29(26,27)19(16)18(17)14-8-7-9-15(12-14)22(24)25/h7-10,12,18-19,21H,3-6,11H2,1-2H3/b16-10+. The van der Waals surface area contributed by atoms with E-state index in [0.29, 0.717) is 23.4 Å². The van der Waals surface area contributed by atoms with Crippen LogP contribution in [-0.2, 0) is 19.4 Å². The van der Waals surface area contributed by atoms with Gasteiger partial charge in [0.2, 0.25) is 0 Å². The van der Waals surface area contributed by atoms with Gasteiger partial charge in [0.25, 0.3) is 5.69 Å². The number of fused-ring (bicyclic) bond motifs is 1. The van der Waals surface area contributed by atoms with Crippen molar-refractivity contribution in [1.82, 2.24) is 5.32 Å². The Morgan fingerprint density at radius 3 is 2.79 bits per heavy atom. The highest BCUT2D eigenvalue weighted by Crippen LogP contribution is 2.42. The van der Waals surface area contributed by atoms with Crippen molar-refractivity contribution in [3.05, 3.63) is 63.0 Å². The van der Waals surface area contributed by atoms with Gasteiger partial charge in [0.1, 0.15) is 5.25 Å². The highest BCUT2D eigenvalue weighted by Gasteiger charge is 2.45. The number of nitrogens with zero attached hydrogens (tertiary/aromatic N) is 1. The number of nitrogens with one attached hydrogen (secondary N) is 1. The van der Waals surface area contributed by atoms with Crippen molar-refractivity contribution in [3.8, 4) is 0 Å². The number of ether oxygens (including phenoxy) is 1. The topological polar surface area (TPSA) is 116 Å². The van der Waals surface area contributed by atoms with Crippen molar-refractivity contribution in [1.29, 1.82) is 0 Å². The number of benzene rings is 1. The van der Waals surface area contributed by atoms with Gasteiger partial charge in [-0.1, -0.05) is 18.2 Å². The molecule has 0 aromatic heterocycles. The Morgan fingerprint density at radius 2 is 2.10 bits per heavy atom. The van der Waals surface area contributed by atoms with Crippen molar-refractivity contribution in [2.24, 2.45) is 0 Å². The van der Waals surface area contributed by atoms with Crippen LogP contribution in [0.3, 0.4) is 0 Å². The van der Waals surface area contributed by atoms with Crippen molar-refractivity contribution in [2.75, 3.05) is 12.4 Å². The van der Waals surface area contributed by atoms with Crippen LogP contribution in [0.1, 0.15) is 44.6 Å². The zero-order valence-corrected chi connectivity index (χ0v) is 17.2. The molecule has 0 aliphatic carbocycles. The molecule has 2 aliphatic heterocycles. The lowest BCUT2D eigenvalue weighted by atomic mass is 9.82. The van der Waals surface area contributed by atoms with E-state index in [1.54, 1.807) is 19.9 Å². The molecule has 3 rings (SSSR count). The smallest absolute Gasteiger partial charge is 0.336 e. The van der Waals surface area contributed by atoms with Crippen LogP contribution in [0, 0.1) is 10.1 Å². The first-order chi connectivity index (χ1) is 13.8. The lowest BCUT2D eigenvalue weighted by molar-refractivity contribution is -0.384. The first-order valence-corrected chi connectivity index (χ1v) is 11.3. The molecule has 156 valence electrons. The highest BCUT2D eigenvalue weighted by atomic mass is 32.2. The lowest BCUT2D eigenvalue weighted by Crippen LogP contribution is -2.44. The van der Waals surface area contributed by atoms with Gasteiger partial charge in [0.15, 0.2) is 9.84 Å². The molecule has 2 aliphatic rings. The average Bonchev–Trinajstić information content (AvgIpc) is 2.65. The van der Waals surface area contributed by atoms with Gasteiger partial charge in [-0.15, -0.1) is 0 Å². The van der Waals surface area contributed by atoms with Crippen LogP contribution in [0.15, 0.2) is 47.3 Å². The van der Waals surface area contributed by atoms with Gasteiger partial charge in [0.05, 0.1) is 22.9 Å². The molecule has 2 unspecified atom stereocenters. The molecule has 29 heavy (non-hydrogen) atoms. The van der Waals surface area contributed by atoms with E-state index in [1.165, 1.54) is 18.2 Å². The van der Waals surface area contributed by atoms with E-state index in [1.807, 2.05) is 6.08 Å². The summed E-state index contributed by atoms with van der Waals surface area (Å²) in [5.41, 5.74) is 1.46. The van der Waals surface area contributed by atoms with Gasteiger partial charge < -0.3 is 10.1 Å². The Kier molecular flexibility index (Phi) is 6.07. The third-order valence-electron chi connectivity index (χ3n) is 5.23. The van der Waals surface area contributed by atoms with Crippen molar-refractivity contribution < 1.29 is 22.9 Å². The number of allylic oxidation sites excluding steroid dienone is 2. The second kappa shape index (κ2) is 8.36. The van der Waals surface area contributed by atoms with E-state index in [-0.39, 0.29) is 23.6 Å². The second-order valence-corrected chi connectivity index (χ2v) is 9.40. The summed E-state index contributed by atoms with van der Waals surface area (Å²) < 4.78 is 31.7. The Labute approximate surface area is 169 Å². The Morgan fingerprint density at radius 1 is 1.34 bits per heavy atom. The molecule has 0 spiro atoms. The van der Waals surface area contributed by atoms with Gasteiger partial charge in [-0.05, 0) is 38.7 Å². The summed E-state index contributed by atoms with van der Waals surface area (Å²) in [6.45, 7) is 3.50. The third-order valence-corrected chi connectivity index (χ3v) is 7.38. The fourth-order valence-corrected chi connectivity index (χ4v) is 6.09. The summed E-state index contributed by atoms with van der Waals surface area (Å²) in [5.74, 6) is -1.51. The van der Waals surface area contributed by atoms with E-state index < -0.39 is 31.9 Å². The Bertz CT molecular complexity index is 996. The molecule has 2 heterocycles. The van der Waals surface area contributed by atoms with Crippen LogP contribution in [0.4, 0.5) is 5.69 Å². The van der Waals surface area contributed by atoms with Crippen LogP contribution in [0.5, 0.6) is 0 Å². The number of hydrogen-bond acceptors (Lipinski definition) is 7. The summed E-state index contributed by atoms with van der Waals surface area (Å²) in [6.07, 6.45) is 3.86. The number of nitro groups is 1. The molecule has 0 fully saturated rings. The van der Waals surface area contributed by atoms with Crippen LogP contribution in [0.25, 0.3) is 0 Å². The molecule has 0 saturated heterocycles. The number of hydrogen-bond donors (Lipinski definition) is 1. The number of nitro benzene ring substituents is 1. The van der Waals surface area contributed by atoms with Crippen LogP contribution >= 0.6 is 0 Å². The molecule has 0 amide bonds. The predicted molar refractivity (Wildman–Crippen MR) is 108 cm³/mol. The first-order valence-electron chi connectivity index (χ1n) is 9.57. The number of carbonyl (C=O) groups is 1. The number of non-ortho nitro benzene ring substituents is 1. The monoisotopic (exact) mass is 420 g/mol. The van der Waals surface area contributed by atoms with E-state index in [0.717, 1.165) is 12.8 Å². The maximum Gasteiger partial charge on any atom is 0.336 e. The maximum atomic E-state index is 13.2. The van der Waals surface area contributed by atoms with E-state index in [9.17, 15) is 23.3 Å². The molecule has 0 radical (unpaired) electrons.